The zero-order valence-corrected chi connectivity index (χ0v) is 10.6. The van der Waals surface area contributed by atoms with Crippen molar-refractivity contribution >= 4 is 6.03 Å². The monoisotopic (exact) mass is 229 g/mol. The highest BCUT2D eigenvalue weighted by atomic mass is 16.5. The Morgan fingerprint density at radius 1 is 1.31 bits per heavy atom. The minimum atomic E-state index is 0.118. The molecule has 1 saturated heterocycles. The van der Waals surface area contributed by atoms with Crippen molar-refractivity contribution in [1.29, 1.82) is 0 Å². The van der Waals surface area contributed by atoms with Crippen LogP contribution in [-0.2, 0) is 4.74 Å². The summed E-state index contributed by atoms with van der Waals surface area (Å²) in [4.78, 5) is 18.0. The Labute approximate surface area is 97.9 Å². The van der Waals surface area contributed by atoms with Gasteiger partial charge in [0.05, 0.1) is 6.61 Å². The van der Waals surface area contributed by atoms with Crippen molar-refractivity contribution in [3.63, 3.8) is 0 Å². The number of carbonyl (C=O) groups is 1. The zero-order chi connectivity index (χ0) is 12.0. The molecule has 0 atom stereocenters. The summed E-state index contributed by atoms with van der Waals surface area (Å²) in [7, 11) is 3.48. The molecule has 0 radical (unpaired) electrons. The first-order chi connectivity index (χ1) is 7.69. The van der Waals surface area contributed by atoms with E-state index < -0.39 is 0 Å². The highest BCUT2D eigenvalue weighted by Crippen LogP contribution is 2.04. The molecule has 1 aliphatic heterocycles. The molecule has 1 rings (SSSR count). The lowest BCUT2D eigenvalue weighted by molar-refractivity contribution is 0.109. The zero-order valence-electron chi connectivity index (χ0n) is 10.6. The highest BCUT2D eigenvalue weighted by Gasteiger charge is 2.22. The van der Waals surface area contributed by atoms with E-state index in [1.807, 2.05) is 11.9 Å². The molecule has 0 aliphatic carbocycles. The highest BCUT2D eigenvalue weighted by molar-refractivity contribution is 5.74. The van der Waals surface area contributed by atoms with Gasteiger partial charge in [0.15, 0.2) is 0 Å². The summed E-state index contributed by atoms with van der Waals surface area (Å²) in [6.07, 6.45) is 0. The van der Waals surface area contributed by atoms with E-state index in [0.29, 0.717) is 13.2 Å². The average molecular weight is 229 g/mol. The van der Waals surface area contributed by atoms with Crippen LogP contribution in [0.1, 0.15) is 6.92 Å². The molecule has 0 unspecified atom stereocenters. The molecule has 0 aromatic carbocycles. The maximum Gasteiger partial charge on any atom is 0.319 e. The molecule has 1 heterocycles. The fourth-order valence-corrected chi connectivity index (χ4v) is 1.82. The summed E-state index contributed by atoms with van der Waals surface area (Å²) in [6.45, 7) is 8.12. The first-order valence-corrected chi connectivity index (χ1v) is 5.90. The van der Waals surface area contributed by atoms with Gasteiger partial charge < -0.3 is 19.4 Å². The fraction of sp³-hybridized carbons (Fsp3) is 0.909. The predicted octanol–water partition coefficient (Wildman–Crippen LogP) is 0.322. The standard InChI is InChI=1S/C11H23N3O2/c1-4-13-5-7-14(8-6-13)11(15)12(2)9-10-16-3/h4-10H2,1-3H3. The minimum Gasteiger partial charge on any atom is -0.383 e. The molecule has 0 saturated carbocycles. The lowest BCUT2D eigenvalue weighted by Gasteiger charge is -2.36. The number of rotatable bonds is 4. The number of hydrogen-bond donors (Lipinski definition) is 0. The second kappa shape index (κ2) is 6.70. The van der Waals surface area contributed by atoms with Gasteiger partial charge in [0.25, 0.3) is 0 Å². The van der Waals surface area contributed by atoms with Gasteiger partial charge in [-0.15, -0.1) is 0 Å². The van der Waals surface area contributed by atoms with Crippen molar-refractivity contribution < 1.29 is 9.53 Å². The lowest BCUT2D eigenvalue weighted by Crippen LogP contribution is -2.52. The van der Waals surface area contributed by atoms with E-state index in [1.165, 1.54) is 0 Å². The van der Waals surface area contributed by atoms with Gasteiger partial charge >= 0.3 is 6.03 Å². The molecule has 0 N–H and O–H groups in total. The van der Waals surface area contributed by atoms with E-state index >= 15 is 0 Å². The van der Waals surface area contributed by atoms with E-state index in [1.54, 1.807) is 12.0 Å². The number of methoxy groups -OCH3 is 1. The number of carbonyl (C=O) groups excluding carboxylic acids is 1. The van der Waals surface area contributed by atoms with E-state index in [0.717, 1.165) is 32.7 Å². The molecule has 1 aliphatic rings. The maximum atomic E-state index is 12.0. The maximum absolute atomic E-state index is 12.0. The molecule has 0 aromatic heterocycles. The Hall–Kier alpha value is -0.810. The summed E-state index contributed by atoms with van der Waals surface area (Å²) in [5.74, 6) is 0. The molecule has 5 nitrogen and oxygen atoms in total. The number of amides is 2. The lowest BCUT2D eigenvalue weighted by atomic mass is 10.3. The summed E-state index contributed by atoms with van der Waals surface area (Å²) in [5.41, 5.74) is 0. The Bertz CT molecular complexity index is 215. The Kier molecular flexibility index (Phi) is 5.55. The molecule has 0 spiro atoms. The van der Waals surface area contributed by atoms with Crippen LogP contribution in [0.25, 0.3) is 0 Å². The van der Waals surface area contributed by atoms with Crippen LogP contribution in [0.3, 0.4) is 0 Å². The third-order valence-electron chi connectivity index (χ3n) is 3.05. The largest absolute Gasteiger partial charge is 0.383 e. The number of ether oxygens (including phenoxy) is 1. The van der Waals surface area contributed by atoms with Crippen LogP contribution in [0.15, 0.2) is 0 Å². The van der Waals surface area contributed by atoms with Gasteiger partial charge in [-0.1, -0.05) is 6.92 Å². The van der Waals surface area contributed by atoms with Crippen molar-refractivity contribution in [1.82, 2.24) is 14.7 Å². The van der Waals surface area contributed by atoms with Gasteiger partial charge in [-0.05, 0) is 6.54 Å². The summed E-state index contributed by atoms with van der Waals surface area (Å²) < 4.78 is 4.96. The van der Waals surface area contributed by atoms with Crippen LogP contribution in [0.2, 0.25) is 0 Å². The average Bonchev–Trinajstić information content (AvgIpc) is 2.35. The molecule has 94 valence electrons. The van der Waals surface area contributed by atoms with Crippen molar-refractivity contribution in [2.75, 3.05) is 60.0 Å². The van der Waals surface area contributed by atoms with Crippen molar-refractivity contribution in [2.24, 2.45) is 0 Å². The van der Waals surface area contributed by atoms with Crippen LogP contribution >= 0.6 is 0 Å². The summed E-state index contributed by atoms with van der Waals surface area (Å²) >= 11 is 0. The predicted molar refractivity (Wildman–Crippen MR) is 63.6 cm³/mol. The second-order valence-corrected chi connectivity index (χ2v) is 4.12. The van der Waals surface area contributed by atoms with Crippen molar-refractivity contribution in [2.45, 2.75) is 6.92 Å². The summed E-state index contributed by atoms with van der Waals surface area (Å²) in [5, 5.41) is 0. The normalized spacial score (nSPS) is 17.6. The van der Waals surface area contributed by atoms with Gasteiger partial charge in [-0.25, -0.2) is 4.79 Å². The fourth-order valence-electron chi connectivity index (χ4n) is 1.82. The molecular formula is C11H23N3O2. The Balaban J connectivity index is 2.32. The van der Waals surface area contributed by atoms with E-state index in [4.69, 9.17) is 4.74 Å². The summed E-state index contributed by atoms with van der Waals surface area (Å²) in [6, 6.07) is 0.118. The Morgan fingerprint density at radius 2 is 1.94 bits per heavy atom. The number of nitrogens with zero attached hydrogens (tertiary/aromatic N) is 3. The molecule has 1 fully saturated rings. The first kappa shape index (κ1) is 13.3. The first-order valence-electron chi connectivity index (χ1n) is 5.90. The molecule has 5 heteroatoms. The number of hydrogen-bond acceptors (Lipinski definition) is 3. The number of likely N-dealkylation sites (N-methyl/N-ethyl adjacent to an activating group) is 2. The molecule has 0 aromatic rings. The second-order valence-electron chi connectivity index (χ2n) is 4.12. The van der Waals surface area contributed by atoms with Crippen molar-refractivity contribution in [3.8, 4) is 0 Å². The Morgan fingerprint density at radius 3 is 2.44 bits per heavy atom. The third-order valence-corrected chi connectivity index (χ3v) is 3.05. The van der Waals surface area contributed by atoms with Crippen LogP contribution in [0, 0.1) is 0 Å². The van der Waals surface area contributed by atoms with Crippen LogP contribution in [0.5, 0.6) is 0 Å². The number of piperazine rings is 1. The van der Waals surface area contributed by atoms with Gasteiger partial charge in [0, 0.05) is 46.9 Å². The molecular weight excluding hydrogens is 206 g/mol. The van der Waals surface area contributed by atoms with E-state index in [2.05, 4.69) is 11.8 Å². The van der Waals surface area contributed by atoms with Gasteiger partial charge in [-0.2, -0.15) is 0 Å². The SMILES string of the molecule is CCN1CCN(C(=O)N(C)CCOC)CC1. The minimum absolute atomic E-state index is 0.118. The van der Waals surface area contributed by atoms with Gasteiger partial charge in [0.1, 0.15) is 0 Å². The quantitative estimate of drug-likeness (QED) is 0.696. The smallest absolute Gasteiger partial charge is 0.319 e. The van der Waals surface area contributed by atoms with E-state index in [-0.39, 0.29) is 6.03 Å². The van der Waals surface area contributed by atoms with Gasteiger partial charge in [-0.3, -0.25) is 0 Å². The van der Waals surface area contributed by atoms with Crippen LogP contribution < -0.4 is 0 Å². The molecule has 0 bridgehead atoms. The third kappa shape index (κ3) is 3.64. The molecule has 16 heavy (non-hydrogen) atoms. The molecule has 2 amide bonds. The van der Waals surface area contributed by atoms with Gasteiger partial charge in [0.2, 0.25) is 0 Å². The topological polar surface area (TPSA) is 36.0 Å². The van der Waals surface area contributed by atoms with Crippen LogP contribution in [-0.4, -0.2) is 80.8 Å². The number of urea groups is 1. The van der Waals surface area contributed by atoms with Crippen molar-refractivity contribution in [3.05, 3.63) is 0 Å². The van der Waals surface area contributed by atoms with Crippen LogP contribution in [0.4, 0.5) is 4.79 Å². The van der Waals surface area contributed by atoms with E-state index in [9.17, 15) is 4.79 Å².